The van der Waals surface area contributed by atoms with Gasteiger partial charge in [-0.25, -0.2) is 4.98 Å². The molecule has 0 aliphatic heterocycles. The van der Waals surface area contributed by atoms with Crippen LogP contribution in [0.15, 0.2) is 85.2 Å². The number of nitrogens with one attached hydrogen (secondary N) is 1. The molecule has 0 fully saturated rings. The van der Waals surface area contributed by atoms with Gasteiger partial charge in [0.15, 0.2) is 0 Å². The second-order valence-electron chi connectivity index (χ2n) is 5.55. The smallest absolute Gasteiger partial charge is 0.0961 e. The van der Waals surface area contributed by atoms with Gasteiger partial charge in [0.1, 0.15) is 0 Å². The fourth-order valence-corrected chi connectivity index (χ4v) is 2.74. The summed E-state index contributed by atoms with van der Waals surface area (Å²) >= 11 is 0. The van der Waals surface area contributed by atoms with Gasteiger partial charge in [0.2, 0.25) is 0 Å². The highest BCUT2D eigenvalue weighted by Gasteiger charge is 2.04. The van der Waals surface area contributed by atoms with Crippen molar-refractivity contribution in [3.63, 3.8) is 0 Å². The van der Waals surface area contributed by atoms with Crippen molar-refractivity contribution in [1.82, 2.24) is 9.55 Å². The fourth-order valence-electron chi connectivity index (χ4n) is 2.74. The van der Waals surface area contributed by atoms with E-state index in [-0.39, 0.29) is 0 Å². The van der Waals surface area contributed by atoms with E-state index in [1.54, 1.807) is 0 Å². The molecule has 1 heterocycles. The first kappa shape index (κ1) is 13.6. The van der Waals surface area contributed by atoms with E-state index < -0.39 is 0 Å². The van der Waals surface area contributed by atoms with Crippen LogP contribution >= 0.6 is 0 Å². The van der Waals surface area contributed by atoms with Gasteiger partial charge in [-0.15, -0.1) is 0 Å². The summed E-state index contributed by atoms with van der Waals surface area (Å²) in [5.41, 5.74) is 5.55. The summed E-state index contributed by atoms with van der Waals surface area (Å²) in [6, 6.07) is 26.9. The van der Waals surface area contributed by atoms with E-state index >= 15 is 0 Å². The van der Waals surface area contributed by atoms with Crippen LogP contribution in [-0.4, -0.2) is 9.55 Å². The molecule has 0 atom stereocenters. The maximum absolute atomic E-state index is 4.54. The standard InChI is InChI=1S/C20H17N3/c1-3-7-16(8-4-1)14-23-15-21-19-13-18(11-12-20(19)23)22-17-9-5-2-6-10-17/h1-13,15,22H,14H2. The van der Waals surface area contributed by atoms with Crippen molar-refractivity contribution in [3.05, 3.63) is 90.8 Å². The SMILES string of the molecule is c1ccc(Cn2cnc3cc(Nc4ccccc4)ccc32)cc1. The van der Waals surface area contributed by atoms with Crippen LogP contribution in [0.5, 0.6) is 0 Å². The molecular formula is C20H17N3. The lowest BCUT2D eigenvalue weighted by Gasteiger charge is -2.07. The molecule has 4 rings (SSSR count). The Bertz CT molecular complexity index is 911. The maximum atomic E-state index is 4.54. The van der Waals surface area contributed by atoms with E-state index in [9.17, 15) is 0 Å². The van der Waals surface area contributed by atoms with Crippen molar-refractivity contribution in [3.8, 4) is 0 Å². The van der Waals surface area contributed by atoms with Crippen molar-refractivity contribution in [2.45, 2.75) is 6.54 Å². The second-order valence-corrected chi connectivity index (χ2v) is 5.55. The summed E-state index contributed by atoms with van der Waals surface area (Å²) in [7, 11) is 0. The first-order chi connectivity index (χ1) is 11.4. The Hall–Kier alpha value is -3.07. The highest BCUT2D eigenvalue weighted by atomic mass is 15.0. The molecule has 0 spiro atoms. The monoisotopic (exact) mass is 299 g/mol. The molecule has 1 aromatic heterocycles. The number of rotatable bonds is 4. The Labute approximate surface area is 135 Å². The summed E-state index contributed by atoms with van der Waals surface area (Å²) in [5.74, 6) is 0. The Kier molecular flexibility index (Phi) is 3.53. The normalized spacial score (nSPS) is 10.8. The molecule has 3 aromatic carbocycles. The number of hydrogen-bond acceptors (Lipinski definition) is 2. The van der Waals surface area contributed by atoms with Gasteiger partial charge < -0.3 is 9.88 Å². The van der Waals surface area contributed by atoms with Gasteiger partial charge in [0.05, 0.1) is 17.4 Å². The number of fused-ring (bicyclic) bond motifs is 1. The van der Waals surface area contributed by atoms with Gasteiger partial charge in [-0.3, -0.25) is 0 Å². The molecule has 3 nitrogen and oxygen atoms in total. The van der Waals surface area contributed by atoms with Crippen molar-refractivity contribution in [1.29, 1.82) is 0 Å². The number of anilines is 2. The maximum Gasteiger partial charge on any atom is 0.0961 e. The summed E-state index contributed by atoms with van der Waals surface area (Å²) in [5, 5.41) is 3.41. The number of hydrogen-bond donors (Lipinski definition) is 1. The number of imidazole rings is 1. The number of benzene rings is 3. The zero-order valence-corrected chi connectivity index (χ0v) is 12.7. The van der Waals surface area contributed by atoms with Gasteiger partial charge in [0.25, 0.3) is 0 Å². The second kappa shape index (κ2) is 5.97. The third kappa shape index (κ3) is 2.94. The average molecular weight is 299 g/mol. The number of aromatic nitrogens is 2. The van der Waals surface area contributed by atoms with E-state index in [1.807, 2.05) is 30.6 Å². The zero-order chi connectivity index (χ0) is 15.5. The van der Waals surface area contributed by atoms with Crippen LogP contribution in [0.4, 0.5) is 11.4 Å². The van der Waals surface area contributed by atoms with Crippen LogP contribution in [-0.2, 0) is 6.54 Å². The summed E-state index contributed by atoms with van der Waals surface area (Å²) < 4.78 is 2.18. The zero-order valence-electron chi connectivity index (χ0n) is 12.7. The summed E-state index contributed by atoms with van der Waals surface area (Å²) in [6.07, 6.45) is 1.91. The topological polar surface area (TPSA) is 29.9 Å². The minimum Gasteiger partial charge on any atom is -0.355 e. The predicted molar refractivity (Wildman–Crippen MR) is 95.0 cm³/mol. The average Bonchev–Trinajstić information content (AvgIpc) is 2.99. The molecule has 112 valence electrons. The Morgan fingerprint density at radius 1 is 0.783 bits per heavy atom. The summed E-state index contributed by atoms with van der Waals surface area (Å²) in [6.45, 7) is 0.836. The van der Waals surface area contributed by atoms with E-state index in [0.29, 0.717) is 0 Å². The van der Waals surface area contributed by atoms with Crippen molar-refractivity contribution in [2.75, 3.05) is 5.32 Å². The highest BCUT2D eigenvalue weighted by Crippen LogP contribution is 2.22. The highest BCUT2D eigenvalue weighted by molar-refractivity contribution is 5.81. The van der Waals surface area contributed by atoms with Crippen LogP contribution in [0.3, 0.4) is 0 Å². The summed E-state index contributed by atoms with van der Waals surface area (Å²) in [4.78, 5) is 4.54. The van der Waals surface area contributed by atoms with Gasteiger partial charge >= 0.3 is 0 Å². The predicted octanol–water partition coefficient (Wildman–Crippen LogP) is 4.83. The lowest BCUT2D eigenvalue weighted by Crippen LogP contribution is -1.97. The molecule has 0 radical (unpaired) electrons. The van der Waals surface area contributed by atoms with Gasteiger partial charge in [-0.05, 0) is 35.9 Å². The molecule has 4 aromatic rings. The molecular weight excluding hydrogens is 282 g/mol. The number of nitrogens with zero attached hydrogens (tertiary/aromatic N) is 2. The van der Waals surface area contributed by atoms with Crippen LogP contribution < -0.4 is 5.32 Å². The van der Waals surface area contributed by atoms with Crippen LogP contribution in [0.1, 0.15) is 5.56 Å². The first-order valence-corrected chi connectivity index (χ1v) is 7.69. The largest absolute Gasteiger partial charge is 0.355 e. The minimum absolute atomic E-state index is 0.836. The first-order valence-electron chi connectivity index (χ1n) is 7.69. The molecule has 0 aliphatic carbocycles. The van der Waals surface area contributed by atoms with Crippen LogP contribution in [0, 0.1) is 0 Å². The van der Waals surface area contributed by atoms with Gasteiger partial charge in [-0.1, -0.05) is 48.5 Å². The van der Waals surface area contributed by atoms with E-state index in [2.05, 4.69) is 69.5 Å². The fraction of sp³-hybridized carbons (Fsp3) is 0.0500. The lowest BCUT2D eigenvalue weighted by molar-refractivity contribution is 0.824. The van der Waals surface area contributed by atoms with E-state index in [1.165, 1.54) is 5.56 Å². The van der Waals surface area contributed by atoms with Crippen LogP contribution in [0.2, 0.25) is 0 Å². The van der Waals surface area contributed by atoms with Gasteiger partial charge in [-0.2, -0.15) is 0 Å². The lowest BCUT2D eigenvalue weighted by atomic mass is 10.2. The van der Waals surface area contributed by atoms with E-state index in [0.717, 1.165) is 29.0 Å². The molecule has 23 heavy (non-hydrogen) atoms. The van der Waals surface area contributed by atoms with Gasteiger partial charge in [0, 0.05) is 17.9 Å². The van der Waals surface area contributed by atoms with Crippen molar-refractivity contribution < 1.29 is 0 Å². The molecule has 1 N–H and O–H groups in total. The Morgan fingerprint density at radius 3 is 2.30 bits per heavy atom. The molecule has 0 saturated carbocycles. The molecule has 0 saturated heterocycles. The minimum atomic E-state index is 0.836. The molecule has 0 aliphatic rings. The quantitative estimate of drug-likeness (QED) is 0.585. The van der Waals surface area contributed by atoms with Crippen molar-refractivity contribution >= 4 is 22.4 Å². The Morgan fingerprint density at radius 2 is 1.52 bits per heavy atom. The molecule has 0 unspecified atom stereocenters. The molecule has 3 heteroatoms. The third-order valence-electron chi connectivity index (χ3n) is 3.88. The van der Waals surface area contributed by atoms with Crippen molar-refractivity contribution in [2.24, 2.45) is 0 Å². The number of para-hydroxylation sites is 1. The third-order valence-corrected chi connectivity index (χ3v) is 3.88. The van der Waals surface area contributed by atoms with Crippen LogP contribution in [0.25, 0.3) is 11.0 Å². The van der Waals surface area contributed by atoms with E-state index in [4.69, 9.17) is 0 Å². The molecule has 0 amide bonds. The molecule has 0 bridgehead atoms. The Balaban J connectivity index is 1.61.